The second-order valence-corrected chi connectivity index (χ2v) is 10.2. The number of hydrogen-bond acceptors (Lipinski definition) is 5. The molecule has 3 heterocycles. The summed E-state index contributed by atoms with van der Waals surface area (Å²) < 4.78 is 3.08. The van der Waals surface area contributed by atoms with Gasteiger partial charge < -0.3 is 14.4 Å². The van der Waals surface area contributed by atoms with Crippen LogP contribution in [-0.2, 0) is 13.1 Å². The standard InChI is InChI=1S/C26H31BrN6O/c1-30-14-16-31(17-15-30)19-24-28-29-25(33(24)18-20-6-3-2-4-7-20)26(34)32-13-5-8-23(32)21-9-11-22(27)12-10-21/h2-4,6-7,9-12,23H,5,8,13-19H2,1H3/t23-/m1/s1. The number of rotatable bonds is 6. The van der Waals surface area contributed by atoms with Gasteiger partial charge in [-0.1, -0.05) is 58.4 Å². The predicted octanol–water partition coefficient (Wildman–Crippen LogP) is 3.81. The van der Waals surface area contributed by atoms with Crippen LogP contribution in [0, 0.1) is 0 Å². The largest absolute Gasteiger partial charge is 0.329 e. The Morgan fingerprint density at radius 2 is 1.68 bits per heavy atom. The number of amides is 1. The third-order valence-corrected chi connectivity index (χ3v) is 7.46. The van der Waals surface area contributed by atoms with Gasteiger partial charge in [-0.2, -0.15) is 0 Å². The van der Waals surface area contributed by atoms with Gasteiger partial charge >= 0.3 is 0 Å². The van der Waals surface area contributed by atoms with Gasteiger partial charge in [0, 0.05) is 37.2 Å². The minimum Gasteiger partial charge on any atom is -0.329 e. The van der Waals surface area contributed by atoms with Crippen LogP contribution in [0.4, 0.5) is 0 Å². The van der Waals surface area contributed by atoms with Crippen molar-refractivity contribution in [1.29, 1.82) is 0 Å². The number of carbonyl (C=O) groups excluding carboxylic acids is 1. The van der Waals surface area contributed by atoms with Crippen molar-refractivity contribution >= 4 is 21.8 Å². The Hall–Kier alpha value is -2.55. The number of likely N-dealkylation sites (N-methyl/N-ethyl adjacent to an activating group) is 1. The van der Waals surface area contributed by atoms with E-state index >= 15 is 0 Å². The highest BCUT2D eigenvalue weighted by molar-refractivity contribution is 9.10. The first-order valence-corrected chi connectivity index (χ1v) is 12.8. The molecular formula is C26H31BrN6O. The first kappa shape index (κ1) is 23.2. The molecule has 0 spiro atoms. The van der Waals surface area contributed by atoms with Crippen LogP contribution in [0.25, 0.3) is 0 Å². The summed E-state index contributed by atoms with van der Waals surface area (Å²) in [5.41, 5.74) is 2.31. The predicted molar refractivity (Wildman–Crippen MR) is 135 cm³/mol. The molecule has 0 N–H and O–H groups in total. The highest BCUT2D eigenvalue weighted by Crippen LogP contribution is 2.33. The maximum Gasteiger partial charge on any atom is 0.292 e. The van der Waals surface area contributed by atoms with Crippen LogP contribution in [-0.4, -0.2) is 75.1 Å². The zero-order valence-electron chi connectivity index (χ0n) is 19.6. The van der Waals surface area contributed by atoms with Crippen molar-refractivity contribution in [3.63, 3.8) is 0 Å². The molecule has 0 saturated carbocycles. The van der Waals surface area contributed by atoms with Crippen LogP contribution in [0.3, 0.4) is 0 Å². The van der Waals surface area contributed by atoms with Crippen LogP contribution >= 0.6 is 15.9 Å². The van der Waals surface area contributed by atoms with E-state index in [1.54, 1.807) is 0 Å². The van der Waals surface area contributed by atoms with E-state index in [-0.39, 0.29) is 11.9 Å². The minimum atomic E-state index is -0.0292. The summed E-state index contributed by atoms with van der Waals surface area (Å²) in [6.45, 7) is 6.12. The van der Waals surface area contributed by atoms with Gasteiger partial charge in [0.15, 0.2) is 0 Å². The number of nitrogens with zero attached hydrogens (tertiary/aromatic N) is 6. The van der Waals surface area contributed by atoms with Gasteiger partial charge in [-0.05, 0) is 43.1 Å². The van der Waals surface area contributed by atoms with Gasteiger partial charge in [0.1, 0.15) is 5.82 Å². The summed E-state index contributed by atoms with van der Waals surface area (Å²) in [5.74, 6) is 1.27. The Bertz CT molecular complexity index is 1110. The zero-order chi connectivity index (χ0) is 23.5. The molecule has 2 aliphatic heterocycles. The van der Waals surface area contributed by atoms with Crippen molar-refractivity contribution in [3.8, 4) is 0 Å². The highest BCUT2D eigenvalue weighted by Gasteiger charge is 2.34. The average Bonchev–Trinajstić information content (AvgIpc) is 3.49. The molecule has 0 unspecified atom stereocenters. The third-order valence-electron chi connectivity index (χ3n) is 6.93. The first-order chi connectivity index (χ1) is 16.6. The fraction of sp³-hybridized carbons (Fsp3) is 0.423. The Morgan fingerprint density at radius 3 is 2.41 bits per heavy atom. The lowest BCUT2D eigenvalue weighted by Gasteiger charge is -2.32. The van der Waals surface area contributed by atoms with E-state index in [0.29, 0.717) is 18.9 Å². The van der Waals surface area contributed by atoms with E-state index in [1.807, 2.05) is 39.8 Å². The van der Waals surface area contributed by atoms with Gasteiger partial charge in [0.05, 0.1) is 19.1 Å². The number of likely N-dealkylation sites (tertiary alicyclic amines) is 1. The second-order valence-electron chi connectivity index (χ2n) is 9.30. The van der Waals surface area contributed by atoms with Gasteiger partial charge in [0.2, 0.25) is 5.82 Å². The zero-order valence-corrected chi connectivity index (χ0v) is 21.2. The molecule has 3 aromatic rings. The summed E-state index contributed by atoms with van der Waals surface area (Å²) in [6.07, 6.45) is 1.96. The van der Waals surface area contributed by atoms with Gasteiger partial charge in [-0.15, -0.1) is 10.2 Å². The van der Waals surface area contributed by atoms with Crippen LogP contribution < -0.4 is 0 Å². The fourth-order valence-electron chi connectivity index (χ4n) is 4.92. The summed E-state index contributed by atoms with van der Waals surface area (Å²) in [7, 11) is 2.16. The third kappa shape index (κ3) is 5.09. The summed E-state index contributed by atoms with van der Waals surface area (Å²) in [5, 5.41) is 8.99. The van der Waals surface area contributed by atoms with Crippen molar-refractivity contribution in [3.05, 3.63) is 81.8 Å². The molecule has 0 bridgehead atoms. The number of piperazine rings is 1. The second kappa shape index (κ2) is 10.4. The van der Waals surface area contributed by atoms with Crippen LogP contribution in [0.1, 0.15) is 46.5 Å². The molecule has 7 nitrogen and oxygen atoms in total. The van der Waals surface area contributed by atoms with Crippen molar-refractivity contribution < 1.29 is 4.79 Å². The van der Waals surface area contributed by atoms with E-state index in [4.69, 9.17) is 0 Å². The lowest BCUT2D eigenvalue weighted by atomic mass is 10.0. The number of hydrogen-bond donors (Lipinski definition) is 0. The Balaban J connectivity index is 1.43. The highest BCUT2D eigenvalue weighted by atomic mass is 79.9. The van der Waals surface area contributed by atoms with Crippen molar-refractivity contribution in [2.24, 2.45) is 0 Å². The lowest BCUT2D eigenvalue weighted by molar-refractivity contribution is 0.0717. The van der Waals surface area contributed by atoms with Crippen LogP contribution in [0.15, 0.2) is 59.1 Å². The summed E-state index contributed by atoms with van der Waals surface area (Å²) >= 11 is 3.51. The Labute approximate surface area is 209 Å². The van der Waals surface area contributed by atoms with E-state index in [9.17, 15) is 4.79 Å². The molecule has 1 aromatic heterocycles. The normalized spacial score (nSPS) is 19.6. The Morgan fingerprint density at radius 1 is 0.941 bits per heavy atom. The maximum atomic E-state index is 13.8. The quantitative estimate of drug-likeness (QED) is 0.492. The van der Waals surface area contributed by atoms with Gasteiger partial charge in [-0.3, -0.25) is 9.69 Å². The molecule has 2 aromatic carbocycles. The van der Waals surface area contributed by atoms with Crippen LogP contribution in [0.2, 0.25) is 0 Å². The van der Waals surface area contributed by atoms with E-state index in [1.165, 1.54) is 5.56 Å². The van der Waals surface area contributed by atoms with E-state index in [2.05, 4.69) is 67.2 Å². The SMILES string of the molecule is CN1CCN(Cc2nnc(C(=O)N3CCC[C@@H]3c3ccc(Br)cc3)n2Cc2ccccc2)CC1. The molecule has 1 amide bonds. The fourth-order valence-corrected chi connectivity index (χ4v) is 5.18. The smallest absolute Gasteiger partial charge is 0.292 e. The number of halogens is 1. The molecule has 2 saturated heterocycles. The summed E-state index contributed by atoms with van der Waals surface area (Å²) in [4.78, 5) is 20.6. The molecule has 34 heavy (non-hydrogen) atoms. The number of carbonyl (C=O) groups is 1. The molecule has 178 valence electrons. The van der Waals surface area contributed by atoms with E-state index < -0.39 is 0 Å². The monoisotopic (exact) mass is 522 g/mol. The van der Waals surface area contributed by atoms with Crippen molar-refractivity contribution in [2.75, 3.05) is 39.8 Å². The summed E-state index contributed by atoms with van der Waals surface area (Å²) in [6, 6.07) is 18.6. The number of benzene rings is 2. The van der Waals surface area contributed by atoms with Crippen molar-refractivity contribution in [1.82, 2.24) is 29.5 Å². The average molecular weight is 523 g/mol. The molecule has 8 heteroatoms. The topological polar surface area (TPSA) is 57.5 Å². The molecule has 2 fully saturated rings. The molecule has 0 radical (unpaired) electrons. The van der Waals surface area contributed by atoms with Crippen LogP contribution in [0.5, 0.6) is 0 Å². The molecule has 5 rings (SSSR count). The molecular weight excluding hydrogens is 492 g/mol. The minimum absolute atomic E-state index is 0.0292. The first-order valence-electron chi connectivity index (χ1n) is 12.0. The molecule has 0 aliphatic carbocycles. The van der Waals surface area contributed by atoms with Gasteiger partial charge in [0.25, 0.3) is 5.91 Å². The van der Waals surface area contributed by atoms with E-state index in [0.717, 1.165) is 61.4 Å². The Kier molecular flexibility index (Phi) is 7.08. The van der Waals surface area contributed by atoms with Gasteiger partial charge in [-0.25, -0.2) is 0 Å². The molecule has 2 aliphatic rings. The number of aromatic nitrogens is 3. The van der Waals surface area contributed by atoms with Crippen molar-refractivity contribution in [2.45, 2.75) is 32.0 Å². The maximum absolute atomic E-state index is 13.8. The lowest BCUT2D eigenvalue weighted by Crippen LogP contribution is -2.44. The molecule has 1 atom stereocenters.